The number of anilines is 1. The van der Waals surface area contributed by atoms with Crippen LogP contribution in [0.15, 0.2) is 12.1 Å². The zero-order valence-electron chi connectivity index (χ0n) is 14.1. The minimum atomic E-state index is -0.797. The predicted octanol–water partition coefficient (Wildman–Crippen LogP) is 2.53. The van der Waals surface area contributed by atoms with Gasteiger partial charge in [0.25, 0.3) is 11.7 Å². The molecule has 2 rings (SSSR count). The Labute approximate surface area is 144 Å². The second-order valence-corrected chi connectivity index (χ2v) is 5.55. The Hall–Kier alpha value is -2.54. The maximum atomic E-state index is 12.4. The summed E-state index contributed by atoms with van der Waals surface area (Å²) < 4.78 is 11.9. The van der Waals surface area contributed by atoms with Crippen LogP contribution in [0.25, 0.3) is 0 Å². The average molecular weight is 352 g/mol. The summed E-state index contributed by atoms with van der Waals surface area (Å²) >= 11 is 6.06. The minimum Gasteiger partial charge on any atom is -0.495 e. The molecular weight excluding hydrogens is 334 g/mol. The van der Waals surface area contributed by atoms with E-state index in [9.17, 15) is 9.59 Å². The number of benzene rings is 1. The fourth-order valence-electron chi connectivity index (χ4n) is 2.35. The molecule has 1 amide bonds. The van der Waals surface area contributed by atoms with Gasteiger partial charge in [0.05, 0.1) is 36.2 Å². The van der Waals surface area contributed by atoms with Gasteiger partial charge in [0.2, 0.25) is 0 Å². The molecule has 0 aliphatic rings. The zero-order chi connectivity index (χ0) is 18.0. The first kappa shape index (κ1) is 17.8. The number of Topliss-reactive ketones (excluding diaryl/α,β-unsaturated/α-hetero) is 1. The van der Waals surface area contributed by atoms with Crippen LogP contribution in [0.2, 0.25) is 5.02 Å². The fourth-order valence-corrected chi connectivity index (χ4v) is 2.59. The van der Waals surface area contributed by atoms with Crippen LogP contribution in [0.1, 0.15) is 21.7 Å². The van der Waals surface area contributed by atoms with Crippen LogP contribution in [0.3, 0.4) is 0 Å². The molecule has 1 heterocycles. The van der Waals surface area contributed by atoms with Crippen LogP contribution in [0.4, 0.5) is 5.69 Å². The minimum absolute atomic E-state index is 0.279. The molecule has 0 bridgehead atoms. The van der Waals surface area contributed by atoms with Crippen molar-refractivity contribution in [3.63, 3.8) is 0 Å². The summed E-state index contributed by atoms with van der Waals surface area (Å²) in [6, 6.07) is 3.00. The predicted molar refractivity (Wildman–Crippen MR) is 90.2 cm³/mol. The number of nitrogens with one attached hydrogen (secondary N) is 1. The van der Waals surface area contributed by atoms with Crippen LogP contribution in [0, 0.1) is 13.8 Å². The number of hydrogen-bond acceptors (Lipinski definition) is 5. The third-order valence-corrected chi connectivity index (χ3v) is 3.96. The number of aromatic nitrogens is 2. The number of halogens is 1. The molecule has 0 spiro atoms. The molecule has 0 fully saturated rings. The van der Waals surface area contributed by atoms with Crippen molar-refractivity contribution in [2.24, 2.45) is 7.05 Å². The lowest BCUT2D eigenvalue weighted by atomic mass is 10.1. The summed E-state index contributed by atoms with van der Waals surface area (Å²) in [4.78, 5) is 24.8. The van der Waals surface area contributed by atoms with Gasteiger partial charge in [-0.25, -0.2) is 0 Å². The molecule has 7 nitrogen and oxygen atoms in total. The van der Waals surface area contributed by atoms with Gasteiger partial charge < -0.3 is 14.8 Å². The van der Waals surface area contributed by atoms with E-state index in [1.54, 1.807) is 25.6 Å². The Morgan fingerprint density at radius 2 is 1.79 bits per heavy atom. The van der Waals surface area contributed by atoms with E-state index in [1.165, 1.54) is 26.4 Å². The van der Waals surface area contributed by atoms with Crippen molar-refractivity contribution in [1.29, 1.82) is 0 Å². The number of rotatable bonds is 5. The normalized spacial score (nSPS) is 10.4. The van der Waals surface area contributed by atoms with Gasteiger partial charge in [-0.3, -0.25) is 14.3 Å². The van der Waals surface area contributed by atoms with E-state index in [2.05, 4.69) is 10.4 Å². The Balaban J connectivity index is 2.32. The highest BCUT2D eigenvalue weighted by Gasteiger charge is 2.25. The van der Waals surface area contributed by atoms with Crippen LogP contribution in [-0.2, 0) is 11.8 Å². The van der Waals surface area contributed by atoms with E-state index in [1.807, 2.05) is 0 Å². The summed E-state index contributed by atoms with van der Waals surface area (Å²) in [6.07, 6.45) is 0. The highest BCUT2D eigenvalue weighted by molar-refractivity contribution is 6.47. The number of amides is 1. The third kappa shape index (κ3) is 3.21. The summed E-state index contributed by atoms with van der Waals surface area (Å²) in [5.74, 6) is -0.741. The Kier molecular flexibility index (Phi) is 5.14. The molecule has 1 aromatic carbocycles. The molecule has 1 N–H and O–H groups in total. The topological polar surface area (TPSA) is 82.4 Å². The molecule has 0 radical (unpaired) electrons. The van der Waals surface area contributed by atoms with Crippen molar-refractivity contribution < 1.29 is 19.1 Å². The standard InChI is InChI=1S/C16H18ClN3O4/c1-8-14(9(2)20(3)19-8)15(21)16(22)18-11-6-10(17)12(23-4)7-13(11)24-5/h6-7H,1-5H3,(H,18,22). The van der Waals surface area contributed by atoms with Crippen LogP contribution < -0.4 is 14.8 Å². The van der Waals surface area contributed by atoms with Crippen molar-refractivity contribution >= 4 is 29.0 Å². The van der Waals surface area contributed by atoms with Gasteiger partial charge >= 0.3 is 0 Å². The van der Waals surface area contributed by atoms with E-state index in [0.29, 0.717) is 22.9 Å². The van der Waals surface area contributed by atoms with Crippen LogP contribution in [0.5, 0.6) is 11.5 Å². The summed E-state index contributed by atoms with van der Waals surface area (Å²) in [6.45, 7) is 3.41. The number of ether oxygens (including phenoxy) is 2. The quantitative estimate of drug-likeness (QED) is 0.661. The summed E-state index contributed by atoms with van der Waals surface area (Å²) in [5.41, 5.74) is 1.68. The molecule has 0 unspecified atom stereocenters. The van der Waals surface area contributed by atoms with Crippen molar-refractivity contribution in [1.82, 2.24) is 9.78 Å². The van der Waals surface area contributed by atoms with E-state index in [-0.39, 0.29) is 16.3 Å². The Morgan fingerprint density at radius 1 is 1.17 bits per heavy atom. The van der Waals surface area contributed by atoms with Gasteiger partial charge in [-0.1, -0.05) is 11.6 Å². The second kappa shape index (κ2) is 6.92. The molecule has 128 valence electrons. The van der Waals surface area contributed by atoms with Crippen molar-refractivity contribution in [2.75, 3.05) is 19.5 Å². The molecule has 0 atom stereocenters. The van der Waals surface area contributed by atoms with E-state index in [4.69, 9.17) is 21.1 Å². The number of ketones is 1. The monoisotopic (exact) mass is 351 g/mol. The van der Waals surface area contributed by atoms with Gasteiger partial charge in [-0.2, -0.15) is 5.10 Å². The molecule has 24 heavy (non-hydrogen) atoms. The van der Waals surface area contributed by atoms with Gasteiger partial charge in [0.15, 0.2) is 0 Å². The van der Waals surface area contributed by atoms with Gasteiger partial charge in [-0.15, -0.1) is 0 Å². The second-order valence-electron chi connectivity index (χ2n) is 5.14. The number of carbonyl (C=O) groups excluding carboxylic acids is 2. The summed E-state index contributed by atoms with van der Waals surface area (Å²) in [5, 5.41) is 6.96. The number of aryl methyl sites for hydroxylation is 2. The SMILES string of the molecule is COc1cc(OC)c(NC(=O)C(=O)c2c(C)nn(C)c2C)cc1Cl. The van der Waals surface area contributed by atoms with Crippen molar-refractivity contribution in [3.05, 3.63) is 34.1 Å². The maximum Gasteiger partial charge on any atom is 0.297 e. The first-order chi connectivity index (χ1) is 11.3. The highest BCUT2D eigenvalue weighted by atomic mass is 35.5. The van der Waals surface area contributed by atoms with E-state index < -0.39 is 11.7 Å². The molecule has 0 saturated heterocycles. The average Bonchev–Trinajstić information content (AvgIpc) is 2.79. The molecular formula is C16H18ClN3O4. The molecule has 0 saturated carbocycles. The zero-order valence-corrected chi connectivity index (χ0v) is 14.8. The number of nitrogens with zero attached hydrogens (tertiary/aromatic N) is 2. The van der Waals surface area contributed by atoms with Crippen LogP contribution >= 0.6 is 11.6 Å². The smallest absolute Gasteiger partial charge is 0.297 e. The third-order valence-electron chi connectivity index (χ3n) is 3.66. The lowest BCUT2D eigenvalue weighted by Crippen LogP contribution is -2.24. The summed E-state index contributed by atoms with van der Waals surface area (Å²) in [7, 11) is 4.62. The molecule has 0 aliphatic heterocycles. The largest absolute Gasteiger partial charge is 0.495 e. The number of hydrogen-bond donors (Lipinski definition) is 1. The van der Waals surface area contributed by atoms with E-state index in [0.717, 1.165) is 0 Å². The number of carbonyl (C=O) groups is 2. The lowest BCUT2D eigenvalue weighted by Gasteiger charge is -2.12. The molecule has 0 aliphatic carbocycles. The molecule has 1 aromatic heterocycles. The molecule has 2 aromatic rings. The first-order valence-electron chi connectivity index (χ1n) is 7.07. The lowest BCUT2D eigenvalue weighted by molar-refractivity contribution is -0.112. The van der Waals surface area contributed by atoms with Crippen molar-refractivity contribution in [2.45, 2.75) is 13.8 Å². The molecule has 8 heteroatoms. The fraction of sp³-hybridized carbons (Fsp3) is 0.312. The number of methoxy groups -OCH3 is 2. The van der Waals surface area contributed by atoms with Crippen molar-refractivity contribution in [3.8, 4) is 11.5 Å². The van der Waals surface area contributed by atoms with E-state index >= 15 is 0 Å². The first-order valence-corrected chi connectivity index (χ1v) is 7.45. The van der Waals surface area contributed by atoms with Gasteiger partial charge in [0.1, 0.15) is 11.5 Å². The Morgan fingerprint density at radius 3 is 2.29 bits per heavy atom. The van der Waals surface area contributed by atoms with Gasteiger partial charge in [-0.05, 0) is 19.9 Å². The maximum absolute atomic E-state index is 12.4. The highest BCUT2D eigenvalue weighted by Crippen LogP contribution is 2.36. The Bertz CT molecular complexity index is 814. The van der Waals surface area contributed by atoms with Gasteiger partial charge in [0, 0.05) is 18.8 Å². The van der Waals surface area contributed by atoms with Crippen LogP contribution in [-0.4, -0.2) is 35.7 Å².